The van der Waals surface area contributed by atoms with Crippen molar-refractivity contribution in [2.75, 3.05) is 19.0 Å². The van der Waals surface area contributed by atoms with Gasteiger partial charge in [0, 0.05) is 24.2 Å². The molecule has 156 valence electrons. The number of anilines is 1. The quantitative estimate of drug-likeness (QED) is 0.426. The van der Waals surface area contributed by atoms with E-state index in [9.17, 15) is 4.79 Å². The van der Waals surface area contributed by atoms with E-state index < -0.39 is 0 Å². The van der Waals surface area contributed by atoms with Crippen LogP contribution in [-0.4, -0.2) is 24.7 Å². The van der Waals surface area contributed by atoms with Gasteiger partial charge in [0.05, 0.1) is 12.8 Å². The van der Waals surface area contributed by atoms with Crippen LogP contribution in [0.2, 0.25) is 0 Å². The predicted octanol–water partition coefficient (Wildman–Crippen LogP) is 5.38. The maximum absolute atomic E-state index is 12.2. The highest BCUT2D eigenvalue weighted by atomic mass is 16.5. The number of carbonyl (C=O) groups excluding carboxylic acids is 1. The number of carbonyl (C=O) groups is 1. The first-order valence-electron chi connectivity index (χ1n) is 10.0. The molecule has 6 heteroatoms. The third kappa shape index (κ3) is 5.30. The summed E-state index contributed by atoms with van der Waals surface area (Å²) in [6.45, 7) is 0.447. The number of methoxy groups -OCH3 is 1. The minimum absolute atomic E-state index is 0.258. The van der Waals surface area contributed by atoms with Crippen LogP contribution < -0.4 is 15.4 Å². The fraction of sp³-hybridized carbons (Fsp3) is 0.120. The molecule has 1 aromatic heterocycles. The van der Waals surface area contributed by atoms with Crippen LogP contribution in [0.25, 0.3) is 22.6 Å². The second kappa shape index (κ2) is 9.63. The number of urea groups is 1. The van der Waals surface area contributed by atoms with Gasteiger partial charge >= 0.3 is 6.03 Å². The molecule has 0 atom stereocenters. The van der Waals surface area contributed by atoms with Crippen molar-refractivity contribution >= 4 is 11.7 Å². The van der Waals surface area contributed by atoms with Crippen molar-refractivity contribution in [3.63, 3.8) is 0 Å². The van der Waals surface area contributed by atoms with Gasteiger partial charge in [-0.2, -0.15) is 0 Å². The molecule has 0 fully saturated rings. The fourth-order valence-electron chi connectivity index (χ4n) is 3.14. The van der Waals surface area contributed by atoms with E-state index in [1.165, 1.54) is 0 Å². The number of hydrogen-bond donors (Lipinski definition) is 2. The second-order valence-electron chi connectivity index (χ2n) is 6.95. The lowest BCUT2D eigenvalue weighted by Gasteiger charge is -2.08. The van der Waals surface area contributed by atoms with Crippen LogP contribution in [0.3, 0.4) is 0 Å². The monoisotopic (exact) mass is 413 g/mol. The molecule has 6 nitrogen and oxygen atoms in total. The summed E-state index contributed by atoms with van der Waals surface area (Å²) in [6.07, 6.45) is 2.18. The van der Waals surface area contributed by atoms with Gasteiger partial charge < -0.3 is 19.8 Å². The van der Waals surface area contributed by atoms with Gasteiger partial charge in [0.1, 0.15) is 12.0 Å². The van der Waals surface area contributed by atoms with Gasteiger partial charge in [0.2, 0.25) is 5.89 Å². The largest absolute Gasteiger partial charge is 0.497 e. The summed E-state index contributed by atoms with van der Waals surface area (Å²) in [6, 6.07) is 25.1. The van der Waals surface area contributed by atoms with Crippen LogP contribution in [0.1, 0.15) is 5.69 Å². The van der Waals surface area contributed by atoms with E-state index in [1.54, 1.807) is 13.4 Å². The van der Waals surface area contributed by atoms with E-state index in [2.05, 4.69) is 27.8 Å². The lowest BCUT2D eigenvalue weighted by atomic mass is 10.1. The molecule has 0 saturated carbocycles. The zero-order chi connectivity index (χ0) is 21.5. The molecule has 0 radical (unpaired) electrons. The number of nitrogens with zero attached hydrogens (tertiary/aromatic N) is 1. The highest BCUT2D eigenvalue weighted by molar-refractivity contribution is 5.89. The molecule has 2 N–H and O–H groups in total. The van der Waals surface area contributed by atoms with Crippen LogP contribution >= 0.6 is 0 Å². The maximum Gasteiger partial charge on any atom is 0.319 e. The van der Waals surface area contributed by atoms with Crippen LogP contribution in [-0.2, 0) is 6.42 Å². The number of benzene rings is 3. The Kier molecular flexibility index (Phi) is 6.28. The Balaban J connectivity index is 1.25. The fourth-order valence-corrected chi connectivity index (χ4v) is 3.14. The zero-order valence-electron chi connectivity index (χ0n) is 17.2. The summed E-state index contributed by atoms with van der Waals surface area (Å²) in [7, 11) is 1.63. The van der Waals surface area contributed by atoms with E-state index in [0.29, 0.717) is 18.9 Å². The van der Waals surface area contributed by atoms with Crippen molar-refractivity contribution in [1.29, 1.82) is 0 Å². The molecule has 0 aliphatic heterocycles. The standard InChI is InChI=1S/C25H23N3O3/c1-30-23-13-9-20(10-14-23)24-27-22(17-31-24)15-16-26-25(29)28-21-11-7-19(8-12-21)18-5-3-2-4-6-18/h2-14,17H,15-16H2,1H3,(H2,26,28,29). The Labute approximate surface area is 180 Å². The molecule has 0 aliphatic carbocycles. The molecule has 3 aromatic carbocycles. The van der Waals surface area contributed by atoms with Gasteiger partial charge in [-0.05, 0) is 47.5 Å². The normalized spacial score (nSPS) is 10.5. The van der Waals surface area contributed by atoms with Crippen LogP contribution in [0, 0.1) is 0 Å². The van der Waals surface area contributed by atoms with E-state index in [4.69, 9.17) is 9.15 Å². The summed E-state index contributed by atoms with van der Waals surface area (Å²) in [5.74, 6) is 1.32. The Bertz CT molecular complexity index is 1120. The van der Waals surface area contributed by atoms with Gasteiger partial charge in [-0.1, -0.05) is 42.5 Å². The van der Waals surface area contributed by atoms with Crippen LogP contribution in [0.15, 0.2) is 89.5 Å². The van der Waals surface area contributed by atoms with Gasteiger partial charge in [-0.3, -0.25) is 0 Å². The molecule has 1 heterocycles. The minimum Gasteiger partial charge on any atom is -0.497 e. The topological polar surface area (TPSA) is 76.4 Å². The molecular formula is C25H23N3O3. The number of aromatic nitrogens is 1. The Hall–Kier alpha value is -4.06. The van der Waals surface area contributed by atoms with Crippen molar-refractivity contribution in [1.82, 2.24) is 10.3 Å². The minimum atomic E-state index is -0.258. The number of rotatable bonds is 7. The number of oxazole rings is 1. The van der Waals surface area contributed by atoms with Crippen molar-refractivity contribution in [3.05, 3.63) is 90.8 Å². The summed E-state index contributed by atoms with van der Waals surface area (Å²) >= 11 is 0. The SMILES string of the molecule is COc1ccc(-c2nc(CCNC(=O)Nc3ccc(-c4ccccc4)cc3)co2)cc1. The molecule has 31 heavy (non-hydrogen) atoms. The lowest BCUT2D eigenvalue weighted by molar-refractivity contribution is 0.252. The molecule has 4 aromatic rings. The average molecular weight is 413 g/mol. The molecule has 0 aliphatic rings. The first kappa shape index (κ1) is 20.2. The third-order valence-corrected chi connectivity index (χ3v) is 4.81. The van der Waals surface area contributed by atoms with Crippen molar-refractivity contribution in [2.45, 2.75) is 6.42 Å². The summed E-state index contributed by atoms with van der Waals surface area (Å²) in [4.78, 5) is 16.6. The number of hydrogen-bond acceptors (Lipinski definition) is 4. The average Bonchev–Trinajstić information content (AvgIpc) is 3.29. The predicted molar refractivity (Wildman–Crippen MR) is 121 cm³/mol. The summed E-state index contributed by atoms with van der Waals surface area (Å²) < 4.78 is 10.7. The smallest absolute Gasteiger partial charge is 0.319 e. The molecule has 2 amide bonds. The molecule has 0 saturated heterocycles. The van der Waals surface area contributed by atoms with Gasteiger partial charge in [0.15, 0.2) is 0 Å². The first-order chi connectivity index (χ1) is 15.2. The van der Waals surface area contributed by atoms with E-state index in [1.807, 2.05) is 66.7 Å². The second-order valence-corrected chi connectivity index (χ2v) is 6.95. The Morgan fingerprint density at radius 1 is 0.903 bits per heavy atom. The molecular weight excluding hydrogens is 390 g/mol. The first-order valence-corrected chi connectivity index (χ1v) is 10.0. The van der Waals surface area contributed by atoms with E-state index in [0.717, 1.165) is 33.8 Å². The third-order valence-electron chi connectivity index (χ3n) is 4.81. The van der Waals surface area contributed by atoms with E-state index in [-0.39, 0.29) is 6.03 Å². The van der Waals surface area contributed by atoms with Crippen LogP contribution in [0.5, 0.6) is 5.75 Å². The van der Waals surface area contributed by atoms with Crippen molar-refractivity contribution in [2.24, 2.45) is 0 Å². The van der Waals surface area contributed by atoms with Gasteiger partial charge in [-0.15, -0.1) is 0 Å². The van der Waals surface area contributed by atoms with Gasteiger partial charge in [0.25, 0.3) is 0 Å². The Morgan fingerprint density at radius 2 is 1.58 bits per heavy atom. The van der Waals surface area contributed by atoms with Gasteiger partial charge in [-0.25, -0.2) is 9.78 Å². The number of ether oxygens (including phenoxy) is 1. The zero-order valence-corrected chi connectivity index (χ0v) is 17.2. The molecule has 0 bridgehead atoms. The highest BCUT2D eigenvalue weighted by Crippen LogP contribution is 2.22. The maximum atomic E-state index is 12.2. The molecule has 0 unspecified atom stereocenters. The molecule has 0 spiro atoms. The van der Waals surface area contributed by atoms with Crippen molar-refractivity contribution < 1.29 is 13.9 Å². The molecule has 4 rings (SSSR count). The Morgan fingerprint density at radius 3 is 2.29 bits per heavy atom. The lowest BCUT2D eigenvalue weighted by Crippen LogP contribution is -2.30. The summed E-state index contributed by atoms with van der Waals surface area (Å²) in [5, 5.41) is 5.68. The number of amides is 2. The van der Waals surface area contributed by atoms with Crippen LogP contribution in [0.4, 0.5) is 10.5 Å². The van der Waals surface area contributed by atoms with E-state index >= 15 is 0 Å². The number of nitrogens with one attached hydrogen (secondary N) is 2. The summed E-state index contributed by atoms with van der Waals surface area (Å²) in [5.41, 5.74) is 4.63. The van der Waals surface area contributed by atoms with Crippen molar-refractivity contribution in [3.8, 4) is 28.3 Å². The highest BCUT2D eigenvalue weighted by Gasteiger charge is 2.08.